The Morgan fingerprint density at radius 3 is 2.07 bits per heavy atom. The van der Waals surface area contributed by atoms with Crippen molar-refractivity contribution in [2.75, 3.05) is 20.2 Å². The van der Waals surface area contributed by atoms with E-state index in [1.807, 2.05) is 4.90 Å². The van der Waals surface area contributed by atoms with Gasteiger partial charge in [-0.25, -0.2) is 4.79 Å². The molecule has 1 saturated carbocycles. The van der Waals surface area contributed by atoms with Crippen molar-refractivity contribution in [3.8, 4) is 0 Å². The predicted molar refractivity (Wildman–Crippen MR) is 58.7 cm³/mol. The second kappa shape index (κ2) is 4.86. The molecule has 3 nitrogen and oxygen atoms in total. The van der Waals surface area contributed by atoms with Gasteiger partial charge in [0.2, 0.25) is 0 Å². The van der Waals surface area contributed by atoms with Crippen LogP contribution in [0.25, 0.3) is 0 Å². The largest absolute Gasteiger partial charge is 0.453 e. The van der Waals surface area contributed by atoms with E-state index in [1.165, 1.54) is 45.6 Å². The number of hydrogen-bond acceptors (Lipinski definition) is 2. The molecule has 2 fully saturated rings. The number of carbonyl (C=O) groups excluding carboxylic acids is 1. The minimum atomic E-state index is -0.131. The maximum Gasteiger partial charge on any atom is 0.409 e. The lowest BCUT2D eigenvalue weighted by atomic mass is 9.87. The van der Waals surface area contributed by atoms with E-state index < -0.39 is 0 Å². The molecule has 0 N–H and O–H groups in total. The Balaban J connectivity index is 2.05. The number of ether oxygens (including phenoxy) is 1. The van der Waals surface area contributed by atoms with Gasteiger partial charge in [-0.05, 0) is 37.5 Å². The van der Waals surface area contributed by atoms with E-state index in [2.05, 4.69) is 0 Å². The van der Waals surface area contributed by atoms with E-state index in [-0.39, 0.29) is 6.09 Å². The summed E-state index contributed by atoms with van der Waals surface area (Å²) in [6, 6.07) is 0. The summed E-state index contributed by atoms with van der Waals surface area (Å²) in [6.07, 6.45) is 7.75. The molecular formula is C12H21NO2. The summed E-state index contributed by atoms with van der Waals surface area (Å²) in [5, 5.41) is 0. The van der Waals surface area contributed by atoms with Crippen LogP contribution in [0.5, 0.6) is 0 Å². The minimum Gasteiger partial charge on any atom is -0.453 e. The van der Waals surface area contributed by atoms with E-state index in [1.54, 1.807) is 0 Å². The van der Waals surface area contributed by atoms with Gasteiger partial charge in [-0.1, -0.05) is 12.8 Å². The average molecular weight is 211 g/mol. The summed E-state index contributed by atoms with van der Waals surface area (Å²) < 4.78 is 4.84. The highest BCUT2D eigenvalue weighted by Gasteiger charge is 2.28. The molecule has 0 aromatic heterocycles. The summed E-state index contributed by atoms with van der Waals surface area (Å²) in [6.45, 7) is 1.84. The Bertz CT molecular complexity index is 214. The van der Waals surface area contributed by atoms with Crippen molar-refractivity contribution in [2.24, 2.45) is 11.8 Å². The van der Waals surface area contributed by atoms with Gasteiger partial charge in [-0.2, -0.15) is 0 Å². The van der Waals surface area contributed by atoms with E-state index in [9.17, 15) is 4.79 Å². The third kappa shape index (κ3) is 2.64. The van der Waals surface area contributed by atoms with Gasteiger partial charge in [-0.3, -0.25) is 0 Å². The topological polar surface area (TPSA) is 29.5 Å². The minimum absolute atomic E-state index is 0.131. The summed E-state index contributed by atoms with van der Waals surface area (Å²) in [5.41, 5.74) is 0. The fourth-order valence-electron chi connectivity index (χ4n) is 2.97. The quantitative estimate of drug-likeness (QED) is 0.616. The molecule has 2 unspecified atom stereocenters. The summed E-state index contributed by atoms with van der Waals surface area (Å²) in [5.74, 6) is 1.43. The molecule has 1 aliphatic carbocycles. The van der Waals surface area contributed by atoms with Crippen LogP contribution in [0.1, 0.15) is 38.5 Å². The van der Waals surface area contributed by atoms with E-state index >= 15 is 0 Å². The van der Waals surface area contributed by atoms with Crippen molar-refractivity contribution in [1.82, 2.24) is 4.90 Å². The number of amides is 1. The van der Waals surface area contributed by atoms with Gasteiger partial charge in [0, 0.05) is 13.1 Å². The van der Waals surface area contributed by atoms with Crippen LogP contribution in [0, 0.1) is 11.8 Å². The molecule has 0 aromatic carbocycles. The highest BCUT2D eigenvalue weighted by Crippen LogP contribution is 2.31. The van der Waals surface area contributed by atoms with Gasteiger partial charge in [0.05, 0.1) is 7.11 Å². The lowest BCUT2D eigenvalue weighted by molar-refractivity contribution is 0.115. The first kappa shape index (κ1) is 10.8. The Morgan fingerprint density at radius 2 is 1.60 bits per heavy atom. The van der Waals surface area contributed by atoms with Crippen molar-refractivity contribution in [1.29, 1.82) is 0 Å². The molecule has 0 radical (unpaired) electrons. The highest BCUT2D eigenvalue weighted by atomic mass is 16.5. The van der Waals surface area contributed by atoms with Gasteiger partial charge in [0.1, 0.15) is 0 Å². The zero-order chi connectivity index (χ0) is 10.7. The average Bonchev–Trinajstić information content (AvgIpc) is 2.36. The van der Waals surface area contributed by atoms with Gasteiger partial charge in [0.25, 0.3) is 0 Å². The van der Waals surface area contributed by atoms with E-state index in [4.69, 9.17) is 4.74 Å². The molecule has 15 heavy (non-hydrogen) atoms. The molecule has 1 amide bonds. The summed E-state index contributed by atoms with van der Waals surface area (Å²) in [7, 11) is 1.48. The number of nitrogens with zero attached hydrogens (tertiary/aromatic N) is 1. The number of methoxy groups -OCH3 is 1. The van der Waals surface area contributed by atoms with Crippen LogP contribution in [0.15, 0.2) is 0 Å². The third-order valence-electron chi connectivity index (χ3n) is 3.85. The number of likely N-dealkylation sites (tertiary alicyclic amines) is 1. The predicted octanol–water partition coefficient (Wildman–Crippen LogP) is 2.66. The van der Waals surface area contributed by atoms with Crippen LogP contribution in [-0.2, 0) is 4.74 Å². The molecule has 2 aliphatic rings. The van der Waals surface area contributed by atoms with Crippen molar-refractivity contribution in [3.63, 3.8) is 0 Å². The van der Waals surface area contributed by atoms with Crippen LogP contribution in [0.2, 0.25) is 0 Å². The SMILES string of the molecule is COC(=O)N1CC2CCCCC(CC2)C1. The Labute approximate surface area is 91.8 Å². The second-order valence-corrected chi connectivity index (χ2v) is 4.97. The van der Waals surface area contributed by atoms with Gasteiger partial charge < -0.3 is 9.64 Å². The standard InChI is InChI=1S/C12H21NO2/c1-15-12(14)13-8-10-4-2-3-5-11(9-13)7-6-10/h10-11H,2-9H2,1H3. The molecule has 2 bridgehead atoms. The molecule has 2 rings (SSSR count). The summed E-state index contributed by atoms with van der Waals surface area (Å²) >= 11 is 0. The van der Waals surface area contributed by atoms with Crippen molar-refractivity contribution in [3.05, 3.63) is 0 Å². The molecule has 1 aliphatic heterocycles. The monoisotopic (exact) mass is 211 g/mol. The normalized spacial score (nSPS) is 31.7. The summed E-state index contributed by atoms with van der Waals surface area (Å²) in [4.78, 5) is 13.5. The molecule has 1 saturated heterocycles. The van der Waals surface area contributed by atoms with Crippen LogP contribution < -0.4 is 0 Å². The Hall–Kier alpha value is -0.730. The lowest BCUT2D eigenvalue weighted by Crippen LogP contribution is -2.36. The maximum atomic E-state index is 11.6. The van der Waals surface area contributed by atoms with Gasteiger partial charge >= 0.3 is 6.09 Å². The first-order valence-electron chi connectivity index (χ1n) is 6.12. The maximum absolute atomic E-state index is 11.6. The van der Waals surface area contributed by atoms with Crippen molar-refractivity contribution in [2.45, 2.75) is 38.5 Å². The fourth-order valence-corrected chi connectivity index (χ4v) is 2.97. The van der Waals surface area contributed by atoms with Crippen molar-refractivity contribution < 1.29 is 9.53 Å². The molecule has 0 spiro atoms. The van der Waals surface area contributed by atoms with Crippen molar-refractivity contribution >= 4 is 6.09 Å². The third-order valence-corrected chi connectivity index (χ3v) is 3.85. The zero-order valence-electron chi connectivity index (χ0n) is 9.58. The smallest absolute Gasteiger partial charge is 0.409 e. The van der Waals surface area contributed by atoms with Crippen LogP contribution in [0.4, 0.5) is 4.79 Å². The number of carbonyl (C=O) groups is 1. The fraction of sp³-hybridized carbons (Fsp3) is 0.917. The molecule has 2 atom stereocenters. The molecule has 86 valence electrons. The second-order valence-electron chi connectivity index (χ2n) is 4.97. The number of rotatable bonds is 0. The first-order valence-corrected chi connectivity index (χ1v) is 6.12. The number of fused-ring (bicyclic) bond motifs is 3. The number of hydrogen-bond donors (Lipinski definition) is 0. The molecule has 0 aromatic rings. The van der Waals surface area contributed by atoms with Crippen LogP contribution >= 0.6 is 0 Å². The van der Waals surface area contributed by atoms with Gasteiger partial charge in [-0.15, -0.1) is 0 Å². The van der Waals surface area contributed by atoms with E-state index in [0.29, 0.717) is 0 Å². The van der Waals surface area contributed by atoms with Crippen LogP contribution in [0.3, 0.4) is 0 Å². The van der Waals surface area contributed by atoms with Crippen LogP contribution in [-0.4, -0.2) is 31.2 Å². The van der Waals surface area contributed by atoms with Gasteiger partial charge in [0.15, 0.2) is 0 Å². The first-order chi connectivity index (χ1) is 7.29. The van der Waals surface area contributed by atoms with E-state index in [0.717, 1.165) is 24.9 Å². The zero-order valence-corrected chi connectivity index (χ0v) is 9.58. The lowest BCUT2D eigenvalue weighted by Gasteiger charge is -2.23. The Kier molecular flexibility index (Phi) is 3.49. The molecule has 1 heterocycles. The Morgan fingerprint density at radius 1 is 1.07 bits per heavy atom. The molecule has 3 heteroatoms. The highest BCUT2D eigenvalue weighted by molar-refractivity contribution is 5.67. The molecular weight excluding hydrogens is 190 g/mol.